The van der Waals surface area contributed by atoms with Gasteiger partial charge < -0.3 is 14.6 Å². The zero-order chi connectivity index (χ0) is 22.0. The maximum atomic E-state index is 11.8. The molecule has 0 radical (unpaired) electrons. The highest BCUT2D eigenvalue weighted by atomic mass is 32.2. The lowest BCUT2D eigenvalue weighted by Crippen LogP contribution is -2.47. The number of aromatic nitrogens is 3. The van der Waals surface area contributed by atoms with E-state index < -0.39 is 22.2 Å². The summed E-state index contributed by atoms with van der Waals surface area (Å²) in [5.74, 6) is 0.306. The fourth-order valence-electron chi connectivity index (χ4n) is 3.39. The molecule has 3 aromatic rings. The first kappa shape index (κ1) is 21.6. The first-order valence-corrected chi connectivity index (χ1v) is 11.8. The van der Waals surface area contributed by atoms with E-state index in [9.17, 15) is 13.5 Å². The third kappa shape index (κ3) is 4.99. The molecule has 9 nitrogen and oxygen atoms in total. The Morgan fingerprint density at radius 1 is 1.26 bits per heavy atom. The lowest BCUT2D eigenvalue weighted by atomic mass is 10.1. The van der Waals surface area contributed by atoms with Crippen molar-refractivity contribution >= 4 is 21.1 Å². The Balaban J connectivity index is 1.59. The van der Waals surface area contributed by atoms with E-state index in [1.807, 2.05) is 30.3 Å². The number of pyridine rings is 1. The van der Waals surface area contributed by atoms with Crippen LogP contribution >= 0.6 is 0 Å². The molecule has 2 atom stereocenters. The molecule has 31 heavy (non-hydrogen) atoms. The van der Waals surface area contributed by atoms with Crippen LogP contribution in [0, 0.1) is 0 Å². The van der Waals surface area contributed by atoms with Crippen LogP contribution in [-0.2, 0) is 14.8 Å². The molecule has 4 rings (SSSR count). The van der Waals surface area contributed by atoms with E-state index >= 15 is 0 Å². The maximum Gasteiger partial charge on any atom is 0.242 e. The Hall–Kier alpha value is -2.66. The lowest BCUT2D eigenvalue weighted by Gasteiger charge is -2.30. The molecule has 10 heteroatoms. The van der Waals surface area contributed by atoms with Crippen molar-refractivity contribution in [2.75, 3.05) is 32.6 Å². The molecule has 1 aromatic carbocycles. The Kier molecular flexibility index (Phi) is 6.15. The summed E-state index contributed by atoms with van der Waals surface area (Å²) in [5.41, 5.74) is 3.46. The molecule has 164 valence electrons. The first-order valence-electron chi connectivity index (χ1n) is 9.91. The zero-order valence-corrected chi connectivity index (χ0v) is 18.1. The monoisotopic (exact) mass is 444 g/mol. The van der Waals surface area contributed by atoms with Crippen LogP contribution in [0.15, 0.2) is 42.7 Å². The number of sulfonamides is 1. The molecule has 3 heterocycles. The quantitative estimate of drug-likeness (QED) is 0.612. The van der Waals surface area contributed by atoms with Crippen molar-refractivity contribution in [3.8, 4) is 17.1 Å². The van der Waals surface area contributed by atoms with Crippen LogP contribution in [0.3, 0.4) is 0 Å². The van der Waals surface area contributed by atoms with Crippen molar-refractivity contribution in [2.24, 2.45) is 0 Å². The minimum absolute atomic E-state index is 0.134. The van der Waals surface area contributed by atoms with E-state index in [4.69, 9.17) is 9.47 Å². The molecule has 1 aliphatic rings. The minimum Gasteiger partial charge on any atom is -0.473 e. The number of aliphatic hydroxyl groups excluding tert-OH is 1. The van der Waals surface area contributed by atoms with Gasteiger partial charge in [0.2, 0.25) is 15.9 Å². The summed E-state index contributed by atoms with van der Waals surface area (Å²) < 4.78 is 36.7. The van der Waals surface area contributed by atoms with Gasteiger partial charge in [0.25, 0.3) is 0 Å². The van der Waals surface area contributed by atoms with Crippen molar-refractivity contribution in [1.82, 2.24) is 19.3 Å². The second-order valence-corrected chi connectivity index (χ2v) is 9.44. The molecule has 0 bridgehead atoms. The van der Waals surface area contributed by atoms with Gasteiger partial charge in [-0.3, -0.25) is 4.98 Å². The molecule has 1 fully saturated rings. The molecule has 1 saturated heterocycles. The number of benzene rings is 1. The van der Waals surface area contributed by atoms with E-state index in [1.54, 1.807) is 19.3 Å². The molecular weight excluding hydrogens is 420 g/mol. The van der Waals surface area contributed by atoms with E-state index in [2.05, 4.69) is 15.0 Å². The van der Waals surface area contributed by atoms with Crippen LogP contribution in [0.1, 0.15) is 18.6 Å². The number of ether oxygens (including phenoxy) is 2. The summed E-state index contributed by atoms with van der Waals surface area (Å²) in [4.78, 5) is 13.3. The van der Waals surface area contributed by atoms with Gasteiger partial charge >= 0.3 is 0 Å². The normalized spacial score (nSPS) is 18.7. The van der Waals surface area contributed by atoms with Gasteiger partial charge in [0.1, 0.15) is 12.7 Å². The van der Waals surface area contributed by atoms with Crippen LogP contribution in [-0.4, -0.2) is 71.4 Å². The average molecular weight is 445 g/mol. The zero-order valence-electron chi connectivity index (χ0n) is 17.3. The van der Waals surface area contributed by atoms with Crippen LogP contribution < -0.4 is 4.74 Å². The fraction of sp³-hybridized carbons (Fsp3) is 0.381. The van der Waals surface area contributed by atoms with Gasteiger partial charge in [-0.25, -0.2) is 18.4 Å². The molecule has 0 spiro atoms. The van der Waals surface area contributed by atoms with Crippen LogP contribution in [0.4, 0.5) is 0 Å². The summed E-state index contributed by atoms with van der Waals surface area (Å²) in [6, 6.07) is 9.28. The highest BCUT2D eigenvalue weighted by Crippen LogP contribution is 2.28. The van der Waals surface area contributed by atoms with E-state index in [0.717, 1.165) is 11.1 Å². The number of rotatable bonds is 6. The van der Waals surface area contributed by atoms with Gasteiger partial charge in [-0.1, -0.05) is 24.3 Å². The number of nitrogens with zero attached hydrogens (tertiary/aromatic N) is 4. The molecule has 2 unspecified atom stereocenters. The SMILES string of the molecule is CC(O)c1ccc(-c2cc3nccnc3c(OCC3CN(S(C)(=O)=O)CCO3)n2)cc1. The van der Waals surface area contributed by atoms with Crippen LogP contribution in [0.2, 0.25) is 0 Å². The summed E-state index contributed by atoms with van der Waals surface area (Å²) in [6.07, 6.45) is 3.39. The predicted molar refractivity (Wildman–Crippen MR) is 115 cm³/mol. The summed E-state index contributed by atoms with van der Waals surface area (Å²) in [6.45, 7) is 2.71. The molecule has 1 N–H and O–H groups in total. The van der Waals surface area contributed by atoms with Crippen molar-refractivity contribution < 1.29 is 23.0 Å². The van der Waals surface area contributed by atoms with Crippen LogP contribution in [0.25, 0.3) is 22.3 Å². The number of aliphatic hydroxyl groups is 1. The van der Waals surface area contributed by atoms with Gasteiger partial charge in [0.15, 0.2) is 5.52 Å². The average Bonchev–Trinajstić information content (AvgIpc) is 2.77. The Labute approximate surface area is 180 Å². The van der Waals surface area contributed by atoms with Crippen molar-refractivity contribution in [3.05, 3.63) is 48.3 Å². The molecule has 2 aromatic heterocycles. The fourth-order valence-corrected chi connectivity index (χ4v) is 4.23. The van der Waals surface area contributed by atoms with Crippen molar-refractivity contribution in [1.29, 1.82) is 0 Å². The molecule has 0 aliphatic carbocycles. The van der Waals surface area contributed by atoms with Gasteiger partial charge in [-0.05, 0) is 18.6 Å². The Bertz CT molecular complexity index is 1170. The summed E-state index contributed by atoms with van der Waals surface area (Å²) in [7, 11) is -3.29. The van der Waals surface area contributed by atoms with Gasteiger partial charge in [0.05, 0.1) is 30.2 Å². The maximum absolute atomic E-state index is 11.8. The van der Waals surface area contributed by atoms with Crippen molar-refractivity contribution in [3.63, 3.8) is 0 Å². The number of hydrogen-bond donors (Lipinski definition) is 1. The second-order valence-electron chi connectivity index (χ2n) is 7.46. The Morgan fingerprint density at radius 2 is 2.00 bits per heavy atom. The number of morpholine rings is 1. The molecule has 0 saturated carbocycles. The third-order valence-electron chi connectivity index (χ3n) is 5.09. The van der Waals surface area contributed by atoms with Gasteiger partial charge in [-0.2, -0.15) is 4.31 Å². The van der Waals surface area contributed by atoms with E-state index in [0.29, 0.717) is 35.8 Å². The smallest absolute Gasteiger partial charge is 0.242 e. The standard InChI is InChI=1S/C21H24N4O5S/c1-14(26)15-3-5-16(6-4-15)18-11-19-20(23-8-7-22-19)21(24-18)30-13-17-12-25(9-10-29-17)31(2,27)28/h3-8,11,14,17,26H,9-10,12-13H2,1-2H3. The molecule has 1 aliphatic heterocycles. The second kappa shape index (κ2) is 8.83. The Morgan fingerprint density at radius 3 is 2.71 bits per heavy atom. The number of hydrogen-bond acceptors (Lipinski definition) is 8. The highest BCUT2D eigenvalue weighted by molar-refractivity contribution is 7.88. The number of fused-ring (bicyclic) bond motifs is 1. The van der Waals surface area contributed by atoms with Crippen LogP contribution in [0.5, 0.6) is 5.88 Å². The largest absolute Gasteiger partial charge is 0.473 e. The summed E-state index contributed by atoms with van der Waals surface area (Å²) >= 11 is 0. The van der Waals surface area contributed by atoms with Gasteiger partial charge in [-0.15, -0.1) is 0 Å². The van der Waals surface area contributed by atoms with Crippen molar-refractivity contribution in [2.45, 2.75) is 19.1 Å². The van der Waals surface area contributed by atoms with Gasteiger partial charge in [0, 0.05) is 31.0 Å². The topological polar surface area (TPSA) is 115 Å². The lowest BCUT2D eigenvalue weighted by molar-refractivity contribution is -0.0252. The predicted octanol–water partition coefficient (Wildman–Crippen LogP) is 1.78. The highest BCUT2D eigenvalue weighted by Gasteiger charge is 2.27. The van der Waals surface area contributed by atoms with E-state index in [-0.39, 0.29) is 13.2 Å². The minimum atomic E-state index is -3.29. The summed E-state index contributed by atoms with van der Waals surface area (Å²) in [5, 5.41) is 9.73. The molecular formula is C21H24N4O5S. The first-order chi connectivity index (χ1) is 14.8. The molecule has 0 amide bonds. The van der Waals surface area contributed by atoms with E-state index in [1.165, 1.54) is 10.6 Å². The third-order valence-corrected chi connectivity index (χ3v) is 6.36.